The van der Waals surface area contributed by atoms with Crippen molar-refractivity contribution < 1.29 is 19.3 Å². The Morgan fingerprint density at radius 2 is 1.11 bits per heavy atom. The topological polar surface area (TPSA) is 91.9 Å². The summed E-state index contributed by atoms with van der Waals surface area (Å²) in [4.78, 5) is 22.9. The number of hydrogen-bond donors (Lipinski definition) is 1. The Labute approximate surface area is 264 Å². The van der Waals surface area contributed by atoms with Crippen molar-refractivity contribution in [1.82, 2.24) is 9.13 Å². The Bertz CT molecular complexity index is 1790. The Morgan fingerprint density at radius 1 is 0.667 bits per heavy atom. The molecule has 1 N–H and O–H groups in total. The zero-order chi connectivity index (χ0) is 33.1. The number of allylic oxidation sites excluding steroid dienone is 1. The average molecular weight is 611 g/mol. The fraction of sp³-hybridized carbons (Fsp3) is 0.243. The first-order chi connectivity index (χ1) is 21.4. The minimum Gasteiger partial charge on any atom is -0.504 e. The molecule has 0 amide bonds. The summed E-state index contributed by atoms with van der Waals surface area (Å²) in [6.07, 6.45) is 9.69. The zero-order valence-corrected chi connectivity index (χ0v) is 27.3. The second kappa shape index (κ2) is 16.0. The van der Waals surface area contributed by atoms with E-state index < -0.39 is 0 Å². The molecule has 236 valence electrons. The van der Waals surface area contributed by atoms with Crippen molar-refractivity contribution in [3.8, 4) is 23.0 Å². The summed E-state index contributed by atoms with van der Waals surface area (Å²) >= 11 is 0. The Kier molecular flexibility index (Phi) is 12.2. The summed E-state index contributed by atoms with van der Waals surface area (Å²) in [6, 6.07) is 17.4. The number of rotatable bonds is 9. The molecular formula is C37H42N2O6. The first kappa shape index (κ1) is 34.3. The van der Waals surface area contributed by atoms with E-state index >= 15 is 0 Å². The molecule has 4 aromatic rings. The molecule has 4 rings (SSSR count). The van der Waals surface area contributed by atoms with Crippen LogP contribution in [0.3, 0.4) is 0 Å². The van der Waals surface area contributed by atoms with Crippen LogP contribution in [0.5, 0.6) is 23.0 Å². The molecular weight excluding hydrogens is 568 g/mol. The third-order valence-corrected chi connectivity index (χ3v) is 6.88. The number of benzene rings is 2. The van der Waals surface area contributed by atoms with Gasteiger partial charge in [0.1, 0.15) is 6.61 Å². The molecule has 0 fully saturated rings. The van der Waals surface area contributed by atoms with Crippen molar-refractivity contribution in [1.29, 1.82) is 0 Å². The molecule has 2 aromatic heterocycles. The number of phenols is 1. The van der Waals surface area contributed by atoms with Crippen molar-refractivity contribution in [3.63, 3.8) is 0 Å². The Balaban J connectivity index is 0.000000251. The highest BCUT2D eigenvalue weighted by Gasteiger charge is 2.05. The lowest BCUT2D eigenvalue weighted by atomic mass is 10.2. The molecule has 0 atom stereocenters. The first-order valence-corrected chi connectivity index (χ1v) is 14.5. The predicted octanol–water partition coefficient (Wildman–Crippen LogP) is 7.25. The smallest absolute Gasteiger partial charge is 0.182 e. The molecule has 2 aromatic carbocycles. The van der Waals surface area contributed by atoms with E-state index in [-0.39, 0.29) is 16.6 Å². The average Bonchev–Trinajstić information content (AvgIpc) is 2.96. The van der Waals surface area contributed by atoms with E-state index in [0.29, 0.717) is 23.9 Å². The van der Waals surface area contributed by atoms with Crippen LogP contribution in [0.15, 0.2) is 81.9 Å². The van der Waals surface area contributed by atoms with Gasteiger partial charge in [-0.3, -0.25) is 9.59 Å². The lowest BCUT2D eigenvalue weighted by Gasteiger charge is -2.11. The van der Waals surface area contributed by atoms with Crippen molar-refractivity contribution in [2.24, 2.45) is 0 Å². The second-order valence-electron chi connectivity index (χ2n) is 10.8. The number of pyridine rings is 2. The fourth-order valence-electron chi connectivity index (χ4n) is 4.55. The van der Waals surface area contributed by atoms with Crippen LogP contribution < -0.4 is 25.1 Å². The molecule has 0 spiro atoms. The third-order valence-electron chi connectivity index (χ3n) is 6.88. The lowest BCUT2D eigenvalue weighted by molar-refractivity contribution is 0.325. The van der Waals surface area contributed by atoms with E-state index in [0.717, 1.165) is 33.9 Å². The van der Waals surface area contributed by atoms with Crippen LogP contribution in [-0.4, -0.2) is 35.1 Å². The first-order valence-electron chi connectivity index (χ1n) is 14.5. The van der Waals surface area contributed by atoms with Crippen LogP contribution in [0, 0.1) is 27.7 Å². The highest BCUT2D eigenvalue weighted by molar-refractivity contribution is 5.65. The van der Waals surface area contributed by atoms with Crippen molar-refractivity contribution >= 4 is 24.6 Å². The van der Waals surface area contributed by atoms with Crippen LogP contribution in [0.1, 0.15) is 47.8 Å². The van der Waals surface area contributed by atoms with E-state index in [1.165, 1.54) is 12.7 Å². The van der Waals surface area contributed by atoms with Crippen molar-refractivity contribution in [2.45, 2.75) is 41.5 Å². The molecule has 0 aliphatic rings. The maximum atomic E-state index is 11.5. The number of methoxy groups -OCH3 is 2. The maximum Gasteiger partial charge on any atom is 0.182 e. The molecule has 0 unspecified atom stereocenters. The van der Waals surface area contributed by atoms with Gasteiger partial charge in [0.05, 0.1) is 14.2 Å². The molecule has 2 heterocycles. The molecule has 0 aliphatic heterocycles. The highest BCUT2D eigenvalue weighted by atomic mass is 16.5. The molecule has 0 saturated carbocycles. The largest absolute Gasteiger partial charge is 0.504 e. The summed E-state index contributed by atoms with van der Waals surface area (Å²) in [5.74, 6) is 1.95. The van der Waals surface area contributed by atoms with Crippen LogP contribution in [0.25, 0.3) is 24.6 Å². The molecule has 0 radical (unpaired) electrons. The van der Waals surface area contributed by atoms with Gasteiger partial charge in [-0.15, -0.1) is 0 Å². The van der Waals surface area contributed by atoms with Crippen molar-refractivity contribution in [2.75, 3.05) is 20.8 Å². The molecule has 0 bridgehead atoms. The lowest BCUT2D eigenvalue weighted by Crippen LogP contribution is -2.08. The maximum absolute atomic E-state index is 11.5. The van der Waals surface area contributed by atoms with Crippen LogP contribution in [0.4, 0.5) is 0 Å². The quantitative estimate of drug-likeness (QED) is 0.201. The summed E-state index contributed by atoms with van der Waals surface area (Å²) in [5.41, 5.74) is 6.61. The number of aryl methyl sites for hydroxylation is 4. The van der Waals surface area contributed by atoms with Crippen LogP contribution in [0.2, 0.25) is 0 Å². The van der Waals surface area contributed by atoms with Gasteiger partial charge in [0.25, 0.3) is 0 Å². The normalized spacial score (nSPS) is 10.8. The third kappa shape index (κ3) is 9.89. The monoisotopic (exact) mass is 610 g/mol. The minimum atomic E-state index is 0.00624. The van der Waals surface area contributed by atoms with E-state index in [1.807, 2.05) is 106 Å². The number of aromatic hydroxyl groups is 1. The SMILES string of the molecule is COc1ccc(/C=C/n2c(C)cc(=O)cc2C)cc1O.COc1ccc(/C=C/n2c(C)cc(=O)cc2C)cc1OCC=C(C)C. The molecule has 0 saturated heterocycles. The standard InChI is InChI=1S/C21H25NO3.C16H17NO3/c1-15(2)9-11-25-21-14-18(6-7-20(21)24-5)8-10-22-16(3)12-19(23)13-17(22)4;1-11-8-14(18)9-12(2)17(11)7-6-13-4-5-16(20-3)15(19)10-13/h6-10,12-14H,11H2,1-5H3;4-10,19H,1-3H3/b10-8+;7-6+. The van der Waals surface area contributed by atoms with Gasteiger partial charge in [0.2, 0.25) is 0 Å². The van der Waals surface area contributed by atoms with Gasteiger partial charge in [-0.2, -0.15) is 0 Å². The van der Waals surface area contributed by atoms with Gasteiger partial charge in [0, 0.05) is 59.4 Å². The molecule has 8 heteroatoms. The van der Waals surface area contributed by atoms with E-state index in [1.54, 1.807) is 43.5 Å². The number of nitrogens with zero attached hydrogens (tertiary/aromatic N) is 2. The molecule has 45 heavy (non-hydrogen) atoms. The Morgan fingerprint density at radius 3 is 1.53 bits per heavy atom. The van der Waals surface area contributed by atoms with Gasteiger partial charge < -0.3 is 28.5 Å². The van der Waals surface area contributed by atoms with E-state index in [2.05, 4.69) is 0 Å². The molecule has 8 nitrogen and oxygen atoms in total. The van der Waals surface area contributed by atoms with E-state index in [9.17, 15) is 14.7 Å². The number of phenolic OH excluding ortho intramolecular Hbond substituents is 1. The van der Waals surface area contributed by atoms with E-state index in [4.69, 9.17) is 14.2 Å². The molecule has 0 aliphatic carbocycles. The van der Waals surface area contributed by atoms with Gasteiger partial charge in [-0.05, 0) is 95.2 Å². The summed E-state index contributed by atoms with van der Waals surface area (Å²) in [5, 5.41) is 9.73. The highest BCUT2D eigenvalue weighted by Crippen LogP contribution is 2.29. The summed E-state index contributed by atoms with van der Waals surface area (Å²) < 4.78 is 20.1. The predicted molar refractivity (Wildman–Crippen MR) is 183 cm³/mol. The Hall–Kier alpha value is -5.24. The number of hydrogen-bond acceptors (Lipinski definition) is 6. The second-order valence-corrected chi connectivity index (χ2v) is 10.8. The van der Waals surface area contributed by atoms with Gasteiger partial charge in [-0.25, -0.2) is 0 Å². The van der Waals surface area contributed by atoms with Gasteiger partial charge in [0.15, 0.2) is 33.9 Å². The fourth-order valence-corrected chi connectivity index (χ4v) is 4.55. The van der Waals surface area contributed by atoms with Gasteiger partial charge >= 0.3 is 0 Å². The zero-order valence-electron chi connectivity index (χ0n) is 27.3. The van der Waals surface area contributed by atoms with Crippen LogP contribution in [-0.2, 0) is 0 Å². The minimum absolute atomic E-state index is 0.00624. The van der Waals surface area contributed by atoms with Crippen molar-refractivity contribution in [3.05, 3.63) is 127 Å². The van der Waals surface area contributed by atoms with Gasteiger partial charge in [-0.1, -0.05) is 17.7 Å². The summed E-state index contributed by atoms with van der Waals surface area (Å²) in [6.45, 7) is 12.2. The number of ether oxygens (including phenoxy) is 3. The number of aromatic nitrogens is 2. The summed E-state index contributed by atoms with van der Waals surface area (Å²) in [7, 11) is 3.14. The van der Waals surface area contributed by atoms with Crippen LogP contribution >= 0.6 is 0 Å².